The summed E-state index contributed by atoms with van der Waals surface area (Å²) in [6.07, 6.45) is 8.47. The van der Waals surface area contributed by atoms with Crippen LogP contribution in [0.25, 0.3) is 0 Å². The van der Waals surface area contributed by atoms with E-state index in [1.54, 1.807) is 11.1 Å². The van der Waals surface area contributed by atoms with Crippen molar-refractivity contribution in [3.63, 3.8) is 0 Å². The van der Waals surface area contributed by atoms with Crippen molar-refractivity contribution in [1.82, 2.24) is 0 Å². The molecule has 0 aromatic rings. The van der Waals surface area contributed by atoms with Crippen LogP contribution >= 0.6 is 0 Å². The Morgan fingerprint density at radius 1 is 1.15 bits per heavy atom. The third kappa shape index (κ3) is 1.96. The average Bonchev–Trinajstić information content (AvgIpc) is 2.12. The van der Waals surface area contributed by atoms with Crippen LogP contribution in [0.15, 0.2) is 11.1 Å². The van der Waals surface area contributed by atoms with Crippen molar-refractivity contribution in [3.8, 4) is 0 Å². The largest absolute Gasteiger partial charge is 0.393 e. The summed E-state index contributed by atoms with van der Waals surface area (Å²) in [6.45, 7) is 2.28. The second-order valence-corrected chi connectivity index (χ2v) is 4.70. The Labute approximate surface area is 80.8 Å². The quantitative estimate of drug-likeness (QED) is 0.568. The zero-order valence-corrected chi connectivity index (χ0v) is 8.55. The van der Waals surface area contributed by atoms with Crippen LogP contribution in [0.5, 0.6) is 0 Å². The van der Waals surface area contributed by atoms with E-state index in [1.807, 2.05) is 0 Å². The Balaban J connectivity index is 2.14. The Bertz CT molecular complexity index is 217. The molecule has 0 aromatic carbocycles. The van der Waals surface area contributed by atoms with Crippen LogP contribution in [0.3, 0.4) is 0 Å². The first-order valence-corrected chi connectivity index (χ1v) is 5.63. The standard InChI is InChI=1S/C12H20O/c1-9-6-7-11-8-10(9)4-2-3-5-12(11)13/h11-13H,2-8H2,1H3. The lowest BCUT2D eigenvalue weighted by Crippen LogP contribution is -2.25. The van der Waals surface area contributed by atoms with Gasteiger partial charge in [-0.25, -0.2) is 0 Å². The monoisotopic (exact) mass is 180 g/mol. The molecule has 2 atom stereocenters. The van der Waals surface area contributed by atoms with E-state index in [0.717, 1.165) is 6.42 Å². The molecule has 0 spiro atoms. The Morgan fingerprint density at radius 2 is 2.00 bits per heavy atom. The Morgan fingerprint density at radius 3 is 2.85 bits per heavy atom. The van der Waals surface area contributed by atoms with Crippen molar-refractivity contribution in [1.29, 1.82) is 0 Å². The summed E-state index contributed by atoms with van der Waals surface area (Å²) in [5, 5.41) is 9.89. The summed E-state index contributed by atoms with van der Waals surface area (Å²) in [4.78, 5) is 0. The molecule has 2 aliphatic carbocycles. The molecule has 0 heterocycles. The molecule has 0 radical (unpaired) electrons. The third-order valence-corrected chi connectivity index (χ3v) is 3.77. The van der Waals surface area contributed by atoms with E-state index >= 15 is 0 Å². The number of aliphatic hydroxyl groups is 1. The van der Waals surface area contributed by atoms with Gasteiger partial charge in [-0.15, -0.1) is 0 Å². The number of hydrogen-bond acceptors (Lipinski definition) is 1. The van der Waals surface area contributed by atoms with Crippen molar-refractivity contribution in [2.24, 2.45) is 5.92 Å². The number of allylic oxidation sites excluding steroid dienone is 2. The number of hydrogen-bond donors (Lipinski definition) is 1. The summed E-state index contributed by atoms with van der Waals surface area (Å²) >= 11 is 0. The first-order valence-electron chi connectivity index (χ1n) is 5.63. The van der Waals surface area contributed by atoms with Gasteiger partial charge in [-0.1, -0.05) is 17.6 Å². The normalized spacial score (nSPS) is 35.5. The van der Waals surface area contributed by atoms with Gasteiger partial charge in [0.25, 0.3) is 0 Å². The smallest absolute Gasteiger partial charge is 0.0571 e. The van der Waals surface area contributed by atoms with E-state index in [4.69, 9.17) is 0 Å². The van der Waals surface area contributed by atoms with Crippen molar-refractivity contribution >= 4 is 0 Å². The lowest BCUT2D eigenvalue weighted by molar-refractivity contribution is 0.0835. The van der Waals surface area contributed by atoms with Gasteiger partial charge in [-0.3, -0.25) is 0 Å². The van der Waals surface area contributed by atoms with Crippen molar-refractivity contribution in [2.45, 2.75) is 58.0 Å². The van der Waals surface area contributed by atoms with Crippen LogP contribution in [-0.2, 0) is 0 Å². The number of fused-ring (bicyclic) bond motifs is 2. The lowest BCUT2D eigenvalue weighted by Gasteiger charge is -2.32. The van der Waals surface area contributed by atoms with Crippen LogP contribution in [-0.4, -0.2) is 11.2 Å². The summed E-state index contributed by atoms with van der Waals surface area (Å²) in [7, 11) is 0. The van der Waals surface area contributed by atoms with E-state index < -0.39 is 0 Å². The highest BCUT2D eigenvalue weighted by Gasteiger charge is 2.26. The number of aliphatic hydroxyl groups excluding tert-OH is 1. The Hall–Kier alpha value is -0.300. The predicted octanol–water partition coefficient (Wildman–Crippen LogP) is 3.04. The minimum Gasteiger partial charge on any atom is -0.393 e. The van der Waals surface area contributed by atoms with Gasteiger partial charge in [0.15, 0.2) is 0 Å². The molecule has 2 aliphatic rings. The van der Waals surface area contributed by atoms with Gasteiger partial charge in [0, 0.05) is 0 Å². The molecule has 2 rings (SSSR count). The molecule has 13 heavy (non-hydrogen) atoms. The predicted molar refractivity (Wildman–Crippen MR) is 54.5 cm³/mol. The lowest BCUT2D eigenvalue weighted by atomic mass is 9.77. The highest BCUT2D eigenvalue weighted by Crippen LogP contribution is 2.37. The fraction of sp³-hybridized carbons (Fsp3) is 0.833. The molecule has 0 aliphatic heterocycles. The minimum atomic E-state index is -0.0107. The van der Waals surface area contributed by atoms with Crippen LogP contribution in [0.1, 0.15) is 51.9 Å². The first kappa shape index (κ1) is 9.26. The van der Waals surface area contributed by atoms with E-state index in [9.17, 15) is 5.11 Å². The summed E-state index contributed by atoms with van der Waals surface area (Å²) in [6, 6.07) is 0. The van der Waals surface area contributed by atoms with Crippen LogP contribution in [0, 0.1) is 5.92 Å². The van der Waals surface area contributed by atoms with Gasteiger partial charge in [-0.2, -0.15) is 0 Å². The maximum Gasteiger partial charge on any atom is 0.0571 e. The highest BCUT2D eigenvalue weighted by molar-refractivity contribution is 5.17. The van der Waals surface area contributed by atoms with E-state index in [-0.39, 0.29) is 6.10 Å². The van der Waals surface area contributed by atoms with Crippen molar-refractivity contribution < 1.29 is 5.11 Å². The molecule has 0 saturated heterocycles. The molecule has 1 heteroatoms. The molecule has 0 amide bonds. The fourth-order valence-corrected chi connectivity index (χ4v) is 2.74. The molecule has 2 bridgehead atoms. The highest BCUT2D eigenvalue weighted by atomic mass is 16.3. The zero-order chi connectivity index (χ0) is 9.26. The van der Waals surface area contributed by atoms with E-state index in [0.29, 0.717) is 5.92 Å². The number of rotatable bonds is 0. The molecular formula is C12H20O. The second-order valence-electron chi connectivity index (χ2n) is 4.70. The van der Waals surface area contributed by atoms with Gasteiger partial charge >= 0.3 is 0 Å². The van der Waals surface area contributed by atoms with Crippen LogP contribution in [0.2, 0.25) is 0 Å². The molecule has 74 valence electrons. The molecule has 0 aromatic heterocycles. The van der Waals surface area contributed by atoms with Gasteiger partial charge in [0.1, 0.15) is 0 Å². The van der Waals surface area contributed by atoms with Crippen molar-refractivity contribution in [2.75, 3.05) is 0 Å². The average molecular weight is 180 g/mol. The van der Waals surface area contributed by atoms with E-state index in [1.165, 1.54) is 38.5 Å². The molecule has 2 unspecified atom stereocenters. The van der Waals surface area contributed by atoms with Crippen molar-refractivity contribution in [3.05, 3.63) is 11.1 Å². The van der Waals surface area contributed by atoms with Gasteiger partial charge in [0.2, 0.25) is 0 Å². The van der Waals surface area contributed by atoms with Crippen LogP contribution < -0.4 is 0 Å². The summed E-state index contributed by atoms with van der Waals surface area (Å²) < 4.78 is 0. The first-order chi connectivity index (χ1) is 6.27. The fourth-order valence-electron chi connectivity index (χ4n) is 2.74. The Kier molecular flexibility index (Phi) is 2.73. The molecule has 1 fully saturated rings. The molecule has 1 N–H and O–H groups in total. The maximum atomic E-state index is 9.89. The maximum absolute atomic E-state index is 9.89. The van der Waals surface area contributed by atoms with Gasteiger partial charge < -0.3 is 5.11 Å². The van der Waals surface area contributed by atoms with E-state index in [2.05, 4.69) is 6.92 Å². The zero-order valence-electron chi connectivity index (χ0n) is 8.55. The molecular weight excluding hydrogens is 160 g/mol. The summed E-state index contributed by atoms with van der Waals surface area (Å²) in [5.74, 6) is 0.582. The van der Waals surface area contributed by atoms with Gasteiger partial charge in [0.05, 0.1) is 6.10 Å². The summed E-state index contributed by atoms with van der Waals surface area (Å²) in [5.41, 5.74) is 3.28. The van der Waals surface area contributed by atoms with Gasteiger partial charge in [-0.05, 0) is 51.4 Å². The molecule has 1 saturated carbocycles. The SMILES string of the molecule is CC1=C2CCCCC(O)C(CC1)C2. The molecule has 1 nitrogen and oxygen atoms in total. The topological polar surface area (TPSA) is 20.2 Å². The minimum absolute atomic E-state index is 0.0107. The second kappa shape index (κ2) is 3.83. The third-order valence-electron chi connectivity index (χ3n) is 3.77. The van der Waals surface area contributed by atoms with Crippen LogP contribution in [0.4, 0.5) is 0 Å².